The molecule has 0 aliphatic heterocycles. The molecule has 0 fully saturated rings. The fourth-order valence-corrected chi connectivity index (χ4v) is 3.26. The highest BCUT2D eigenvalue weighted by molar-refractivity contribution is 9.11. The number of halogens is 3. The number of carbonyl (C=O) groups is 1. The number of esters is 1. The highest BCUT2D eigenvalue weighted by atomic mass is 79.9. The van der Waals surface area contributed by atoms with Crippen LogP contribution in [0.3, 0.4) is 0 Å². The Balaban J connectivity index is 2.37. The van der Waals surface area contributed by atoms with Crippen molar-refractivity contribution in [1.29, 1.82) is 0 Å². The van der Waals surface area contributed by atoms with E-state index in [1.54, 1.807) is 26.0 Å². The molecule has 0 bridgehead atoms. The van der Waals surface area contributed by atoms with Crippen molar-refractivity contribution in [3.63, 3.8) is 0 Å². The van der Waals surface area contributed by atoms with E-state index in [4.69, 9.17) is 10.5 Å². The summed E-state index contributed by atoms with van der Waals surface area (Å²) in [5, 5.41) is 0. The SMILES string of the molecule is CC(C)OC(=O)c1nc(Br)c(Cc2ccc(F)cc2)c(Br)c1N. The van der Waals surface area contributed by atoms with E-state index in [0.29, 0.717) is 15.5 Å². The van der Waals surface area contributed by atoms with E-state index in [0.717, 1.165) is 11.1 Å². The lowest BCUT2D eigenvalue weighted by molar-refractivity contribution is 0.0372. The number of aromatic nitrogens is 1. The van der Waals surface area contributed by atoms with Gasteiger partial charge in [0.1, 0.15) is 10.4 Å². The number of rotatable bonds is 4. The van der Waals surface area contributed by atoms with E-state index in [9.17, 15) is 9.18 Å². The molecule has 0 saturated heterocycles. The number of nitrogens with zero attached hydrogens (tertiary/aromatic N) is 1. The van der Waals surface area contributed by atoms with E-state index in [2.05, 4.69) is 36.8 Å². The Bertz CT molecular complexity index is 734. The van der Waals surface area contributed by atoms with Crippen LogP contribution in [0, 0.1) is 5.82 Å². The van der Waals surface area contributed by atoms with Crippen LogP contribution in [0.5, 0.6) is 0 Å². The molecular weight excluding hydrogens is 431 g/mol. The second kappa shape index (κ2) is 7.40. The van der Waals surface area contributed by atoms with Crippen LogP contribution in [-0.2, 0) is 11.2 Å². The fraction of sp³-hybridized carbons (Fsp3) is 0.250. The molecule has 0 amide bonds. The summed E-state index contributed by atoms with van der Waals surface area (Å²) in [4.78, 5) is 16.3. The minimum atomic E-state index is -0.577. The topological polar surface area (TPSA) is 65.2 Å². The number of ether oxygens (including phenoxy) is 1. The van der Waals surface area contributed by atoms with Gasteiger partial charge in [0.05, 0.1) is 11.8 Å². The smallest absolute Gasteiger partial charge is 0.359 e. The third-order valence-corrected chi connectivity index (χ3v) is 4.61. The molecule has 1 aromatic heterocycles. The molecule has 2 N–H and O–H groups in total. The van der Waals surface area contributed by atoms with E-state index < -0.39 is 5.97 Å². The maximum atomic E-state index is 13.0. The Morgan fingerprint density at radius 1 is 1.30 bits per heavy atom. The lowest BCUT2D eigenvalue weighted by Crippen LogP contribution is -2.16. The van der Waals surface area contributed by atoms with Crippen molar-refractivity contribution in [1.82, 2.24) is 4.98 Å². The maximum absolute atomic E-state index is 13.0. The molecule has 0 saturated carbocycles. The number of nitrogens with two attached hydrogens (primary N) is 1. The monoisotopic (exact) mass is 444 g/mol. The Hall–Kier alpha value is -1.47. The highest BCUT2D eigenvalue weighted by Gasteiger charge is 2.21. The molecule has 1 heterocycles. The molecule has 0 aliphatic rings. The first kappa shape index (κ1) is 17.9. The first-order valence-electron chi connectivity index (χ1n) is 6.88. The predicted molar refractivity (Wildman–Crippen MR) is 93.8 cm³/mol. The number of nitrogen functional groups attached to an aromatic ring is 1. The lowest BCUT2D eigenvalue weighted by atomic mass is 10.1. The molecule has 1 aromatic carbocycles. The van der Waals surface area contributed by atoms with Crippen LogP contribution in [-0.4, -0.2) is 17.1 Å². The molecule has 0 spiro atoms. The molecule has 0 unspecified atom stereocenters. The standard InChI is InChI=1S/C16H15Br2FN2O2/c1-8(2)23-16(22)14-13(20)12(17)11(15(18)21-14)7-9-3-5-10(19)6-4-9/h3-6,8H,7,20H2,1-2H3. The first-order valence-corrected chi connectivity index (χ1v) is 8.47. The molecule has 2 aromatic rings. The van der Waals surface area contributed by atoms with Crippen molar-refractivity contribution >= 4 is 43.5 Å². The van der Waals surface area contributed by atoms with Crippen molar-refractivity contribution in [3.8, 4) is 0 Å². The average Bonchev–Trinajstić information content (AvgIpc) is 2.48. The third kappa shape index (κ3) is 4.29. The summed E-state index contributed by atoms with van der Waals surface area (Å²) in [6.07, 6.45) is 0.221. The van der Waals surface area contributed by atoms with Crippen molar-refractivity contribution < 1.29 is 13.9 Å². The number of carbonyl (C=O) groups excluding carboxylic acids is 1. The maximum Gasteiger partial charge on any atom is 0.359 e. The highest BCUT2D eigenvalue weighted by Crippen LogP contribution is 2.33. The van der Waals surface area contributed by atoms with Gasteiger partial charge in [0.25, 0.3) is 0 Å². The largest absolute Gasteiger partial charge is 0.458 e. The van der Waals surface area contributed by atoms with Crippen LogP contribution in [0.1, 0.15) is 35.5 Å². The van der Waals surface area contributed by atoms with E-state index in [1.165, 1.54) is 12.1 Å². The molecule has 0 atom stereocenters. The van der Waals surface area contributed by atoms with Gasteiger partial charge in [-0.25, -0.2) is 14.2 Å². The zero-order valence-corrected chi connectivity index (χ0v) is 15.7. The van der Waals surface area contributed by atoms with Crippen LogP contribution in [0.4, 0.5) is 10.1 Å². The molecule has 0 radical (unpaired) electrons. The molecule has 2 rings (SSSR count). The van der Waals surface area contributed by atoms with Gasteiger partial charge >= 0.3 is 5.97 Å². The van der Waals surface area contributed by atoms with Gasteiger partial charge in [0.15, 0.2) is 5.69 Å². The summed E-state index contributed by atoms with van der Waals surface area (Å²) in [6.45, 7) is 3.50. The number of pyridine rings is 1. The molecule has 4 nitrogen and oxygen atoms in total. The van der Waals surface area contributed by atoms with Gasteiger partial charge in [-0.3, -0.25) is 0 Å². The zero-order valence-electron chi connectivity index (χ0n) is 12.6. The number of hydrogen-bond acceptors (Lipinski definition) is 4. The minimum absolute atomic E-state index is 0.0558. The number of benzene rings is 1. The van der Waals surface area contributed by atoms with Gasteiger partial charge in [-0.1, -0.05) is 12.1 Å². The second-order valence-corrected chi connectivity index (χ2v) is 6.76. The van der Waals surface area contributed by atoms with Crippen molar-refractivity contribution in [2.75, 3.05) is 5.73 Å². The van der Waals surface area contributed by atoms with Crippen molar-refractivity contribution in [2.24, 2.45) is 0 Å². The zero-order chi connectivity index (χ0) is 17.1. The molecule has 0 aliphatic carbocycles. The normalized spacial score (nSPS) is 10.9. The molecular formula is C16H15Br2FN2O2. The Kier molecular flexibility index (Phi) is 5.75. The van der Waals surface area contributed by atoms with Crippen LogP contribution in [0.25, 0.3) is 0 Å². The Morgan fingerprint density at radius 3 is 2.48 bits per heavy atom. The summed E-state index contributed by atoms with van der Waals surface area (Å²) in [6, 6.07) is 6.15. The minimum Gasteiger partial charge on any atom is -0.458 e. The lowest BCUT2D eigenvalue weighted by Gasteiger charge is -2.14. The first-order chi connectivity index (χ1) is 10.8. The predicted octanol–water partition coefficient (Wildman–Crippen LogP) is 4.48. The van der Waals surface area contributed by atoms with Crippen LogP contribution in [0.2, 0.25) is 0 Å². The number of hydrogen-bond donors (Lipinski definition) is 1. The summed E-state index contributed by atoms with van der Waals surface area (Å²) in [7, 11) is 0. The summed E-state index contributed by atoms with van der Waals surface area (Å²) < 4.78 is 19.2. The average molecular weight is 446 g/mol. The van der Waals surface area contributed by atoms with Gasteiger partial charge in [-0.2, -0.15) is 0 Å². The number of anilines is 1. The van der Waals surface area contributed by atoms with Gasteiger partial charge in [-0.05, 0) is 63.4 Å². The van der Waals surface area contributed by atoms with Gasteiger partial charge in [-0.15, -0.1) is 0 Å². The second-order valence-electron chi connectivity index (χ2n) is 5.21. The molecule has 23 heavy (non-hydrogen) atoms. The van der Waals surface area contributed by atoms with Crippen LogP contribution in [0.15, 0.2) is 33.3 Å². The Labute approximate surface area is 150 Å². The van der Waals surface area contributed by atoms with E-state index in [1.807, 2.05) is 0 Å². The van der Waals surface area contributed by atoms with E-state index >= 15 is 0 Å². The molecule has 7 heteroatoms. The van der Waals surface area contributed by atoms with Crippen LogP contribution < -0.4 is 5.73 Å². The Morgan fingerprint density at radius 2 is 1.91 bits per heavy atom. The summed E-state index contributed by atoms with van der Waals surface area (Å²) in [5.41, 5.74) is 7.96. The van der Waals surface area contributed by atoms with E-state index in [-0.39, 0.29) is 23.3 Å². The summed E-state index contributed by atoms with van der Waals surface area (Å²) in [5.74, 6) is -0.872. The van der Waals surface area contributed by atoms with Crippen molar-refractivity contribution in [3.05, 3.63) is 56.0 Å². The molecule has 122 valence electrons. The third-order valence-electron chi connectivity index (χ3n) is 3.05. The fourth-order valence-electron chi connectivity index (χ4n) is 1.97. The van der Waals surface area contributed by atoms with Gasteiger partial charge < -0.3 is 10.5 Å². The van der Waals surface area contributed by atoms with Crippen LogP contribution >= 0.6 is 31.9 Å². The van der Waals surface area contributed by atoms with Gasteiger partial charge in [0, 0.05) is 16.5 Å². The van der Waals surface area contributed by atoms with Gasteiger partial charge in [0.2, 0.25) is 0 Å². The quantitative estimate of drug-likeness (QED) is 0.556. The summed E-state index contributed by atoms with van der Waals surface area (Å²) >= 11 is 6.77. The van der Waals surface area contributed by atoms with Crippen molar-refractivity contribution in [2.45, 2.75) is 26.4 Å².